The molecule has 1 saturated heterocycles. The Labute approximate surface area is 134 Å². The molecule has 2 fully saturated rings. The van der Waals surface area contributed by atoms with Gasteiger partial charge in [0.2, 0.25) is 0 Å². The molecule has 3 rings (SSSR count). The highest BCUT2D eigenvalue weighted by molar-refractivity contribution is 7.92. The van der Waals surface area contributed by atoms with E-state index >= 15 is 0 Å². The minimum Gasteiger partial charge on any atom is -0.354 e. The average molecular weight is 344 g/mol. The SMILES string of the molecule is CC1CN(c2sc(S(C)(=O)=O)cc2[N+](=O)[O-])C2CCCCC12. The van der Waals surface area contributed by atoms with E-state index in [4.69, 9.17) is 0 Å². The van der Waals surface area contributed by atoms with Gasteiger partial charge in [0.05, 0.1) is 4.92 Å². The highest BCUT2D eigenvalue weighted by Gasteiger charge is 2.43. The van der Waals surface area contributed by atoms with Crippen LogP contribution in [0.4, 0.5) is 10.7 Å². The summed E-state index contributed by atoms with van der Waals surface area (Å²) < 4.78 is 23.6. The molecule has 0 radical (unpaired) electrons. The van der Waals surface area contributed by atoms with Gasteiger partial charge in [0.1, 0.15) is 4.21 Å². The van der Waals surface area contributed by atoms with Crippen LogP contribution in [-0.4, -0.2) is 32.2 Å². The summed E-state index contributed by atoms with van der Waals surface area (Å²) in [5.74, 6) is 1.06. The van der Waals surface area contributed by atoms with Crippen LogP contribution in [0.5, 0.6) is 0 Å². The number of nitrogens with zero attached hydrogens (tertiary/aromatic N) is 2. The Balaban J connectivity index is 2.04. The molecule has 6 nitrogen and oxygen atoms in total. The molecule has 3 unspecified atom stereocenters. The topological polar surface area (TPSA) is 80.5 Å². The van der Waals surface area contributed by atoms with Gasteiger partial charge in [0.15, 0.2) is 14.8 Å². The normalized spacial score (nSPS) is 28.6. The van der Waals surface area contributed by atoms with Crippen molar-refractivity contribution in [3.05, 3.63) is 16.2 Å². The van der Waals surface area contributed by atoms with Crippen molar-refractivity contribution in [1.29, 1.82) is 0 Å². The lowest BCUT2D eigenvalue weighted by Gasteiger charge is -2.32. The highest BCUT2D eigenvalue weighted by Crippen LogP contribution is 2.48. The van der Waals surface area contributed by atoms with E-state index < -0.39 is 14.8 Å². The third-order valence-electron chi connectivity index (χ3n) is 4.89. The number of rotatable bonds is 3. The molecule has 0 N–H and O–H groups in total. The van der Waals surface area contributed by atoms with Crippen molar-refractivity contribution in [3.63, 3.8) is 0 Å². The third kappa shape index (κ3) is 2.62. The highest BCUT2D eigenvalue weighted by atomic mass is 32.2. The summed E-state index contributed by atoms with van der Waals surface area (Å²) in [4.78, 5) is 13.0. The molecule has 0 aromatic carbocycles. The van der Waals surface area contributed by atoms with Crippen LogP contribution in [0, 0.1) is 22.0 Å². The molecule has 1 saturated carbocycles. The molecule has 2 heterocycles. The first-order chi connectivity index (χ1) is 10.3. The molecule has 1 aromatic heterocycles. The fourth-order valence-electron chi connectivity index (χ4n) is 3.87. The van der Waals surface area contributed by atoms with E-state index in [1.165, 1.54) is 18.9 Å². The second kappa shape index (κ2) is 5.49. The second-order valence-corrected chi connectivity index (χ2v) is 9.70. The minimum absolute atomic E-state index is 0.0659. The van der Waals surface area contributed by atoms with Crippen molar-refractivity contribution in [3.8, 4) is 0 Å². The maximum atomic E-state index is 11.8. The predicted molar refractivity (Wildman–Crippen MR) is 86.3 cm³/mol. The summed E-state index contributed by atoms with van der Waals surface area (Å²) in [5.41, 5.74) is -0.0659. The largest absolute Gasteiger partial charge is 0.354 e. The number of nitro groups is 1. The Morgan fingerprint density at radius 2 is 2.05 bits per heavy atom. The predicted octanol–water partition coefficient (Wildman–Crippen LogP) is 3.07. The number of anilines is 1. The monoisotopic (exact) mass is 344 g/mol. The van der Waals surface area contributed by atoms with Crippen LogP contribution in [0.25, 0.3) is 0 Å². The van der Waals surface area contributed by atoms with Crippen LogP contribution in [0.3, 0.4) is 0 Å². The Bertz CT molecular complexity index is 698. The molecule has 0 spiro atoms. The molecular weight excluding hydrogens is 324 g/mol. The Hall–Kier alpha value is -1.15. The van der Waals surface area contributed by atoms with Crippen LogP contribution in [0.1, 0.15) is 32.6 Å². The van der Waals surface area contributed by atoms with E-state index in [2.05, 4.69) is 11.8 Å². The van der Waals surface area contributed by atoms with Crippen LogP contribution >= 0.6 is 11.3 Å². The van der Waals surface area contributed by atoms with Gasteiger partial charge in [0, 0.05) is 24.9 Å². The average Bonchev–Trinajstić information content (AvgIpc) is 3.01. The summed E-state index contributed by atoms with van der Waals surface area (Å²) in [6, 6.07) is 1.53. The van der Waals surface area contributed by atoms with Gasteiger partial charge in [-0.05, 0) is 24.7 Å². The van der Waals surface area contributed by atoms with Gasteiger partial charge in [-0.1, -0.05) is 31.1 Å². The van der Waals surface area contributed by atoms with E-state index in [0.29, 0.717) is 22.9 Å². The molecular formula is C14H20N2O4S2. The van der Waals surface area contributed by atoms with Gasteiger partial charge in [-0.3, -0.25) is 10.1 Å². The van der Waals surface area contributed by atoms with Crippen molar-refractivity contribution < 1.29 is 13.3 Å². The maximum absolute atomic E-state index is 11.8. The molecule has 22 heavy (non-hydrogen) atoms. The number of sulfone groups is 1. The van der Waals surface area contributed by atoms with Crippen molar-refractivity contribution in [1.82, 2.24) is 0 Å². The maximum Gasteiger partial charge on any atom is 0.305 e. The molecule has 1 aliphatic carbocycles. The van der Waals surface area contributed by atoms with Crippen LogP contribution in [0.15, 0.2) is 10.3 Å². The van der Waals surface area contributed by atoms with Crippen molar-refractivity contribution >= 4 is 31.9 Å². The molecule has 2 aliphatic rings. The van der Waals surface area contributed by atoms with Gasteiger partial charge >= 0.3 is 5.69 Å². The molecule has 0 amide bonds. The molecule has 1 aliphatic heterocycles. The van der Waals surface area contributed by atoms with Crippen LogP contribution in [0.2, 0.25) is 0 Å². The molecule has 8 heteroatoms. The summed E-state index contributed by atoms with van der Waals surface area (Å²) >= 11 is 1.05. The summed E-state index contributed by atoms with van der Waals surface area (Å²) in [7, 11) is -3.42. The standard InChI is InChI=1S/C14H20N2O4S2/c1-9-8-15(11-6-4-3-5-10(9)11)14-12(16(17)18)7-13(21-14)22(2,19)20/h7,9-11H,3-6,8H2,1-2H3. The van der Waals surface area contributed by atoms with E-state index in [-0.39, 0.29) is 9.90 Å². The van der Waals surface area contributed by atoms with Gasteiger partial charge < -0.3 is 4.90 Å². The Kier molecular flexibility index (Phi) is 3.92. The first kappa shape index (κ1) is 15.7. The summed E-state index contributed by atoms with van der Waals surface area (Å²) in [6.07, 6.45) is 5.67. The quantitative estimate of drug-likeness (QED) is 0.622. The fraction of sp³-hybridized carbons (Fsp3) is 0.714. The first-order valence-electron chi connectivity index (χ1n) is 7.54. The lowest BCUT2D eigenvalue weighted by molar-refractivity contribution is -0.383. The first-order valence-corrected chi connectivity index (χ1v) is 10.2. The fourth-order valence-corrected chi connectivity index (χ4v) is 5.97. The van der Waals surface area contributed by atoms with Crippen LogP contribution in [-0.2, 0) is 9.84 Å². The second-order valence-electron chi connectivity index (χ2n) is 6.43. The molecule has 1 aromatic rings. The van der Waals surface area contributed by atoms with Gasteiger partial charge in [-0.15, -0.1) is 0 Å². The van der Waals surface area contributed by atoms with E-state index in [9.17, 15) is 18.5 Å². The Morgan fingerprint density at radius 3 is 2.68 bits per heavy atom. The third-order valence-corrected chi connectivity index (χ3v) is 7.85. The van der Waals surface area contributed by atoms with Gasteiger partial charge in [-0.25, -0.2) is 8.42 Å². The van der Waals surface area contributed by atoms with Crippen molar-refractivity contribution in [2.75, 3.05) is 17.7 Å². The number of thiophene rings is 1. The molecule has 0 bridgehead atoms. The summed E-state index contributed by atoms with van der Waals surface area (Å²) in [6.45, 7) is 2.97. The van der Waals surface area contributed by atoms with E-state index in [1.54, 1.807) is 0 Å². The number of hydrogen-bond acceptors (Lipinski definition) is 6. The zero-order valence-electron chi connectivity index (χ0n) is 12.7. The minimum atomic E-state index is -3.42. The smallest absolute Gasteiger partial charge is 0.305 e. The molecule has 122 valence electrons. The zero-order chi connectivity index (χ0) is 16.1. The Morgan fingerprint density at radius 1 is 1.36 bits per heavy atom. The number of fused-ring (bicyclic) bond motifs is 1. The van der Waals surface area contributed by atoms with Gasteiger partial charge in [-0.2, -0.15) is 0 Å². The van der Waals surface area contributed by atoms with E-state index in [0.717, 1.165) is 37.0 Å². The van der Waals surface area contributed by atoms with Crippen molar-refractivity contribution in [2.24, 2.45) is 11.8 Å². The molecule has 3 atom stereocenters. The zero-order valence-corrected chi connectivity index (χ0v) is 14.3. The number of hydrogen-bond donors (Lipinski definition) is 0. The van der Waals surface area contributed by atoms with E-state index in [1.807, 2.05) is 0 Å². The lowest BCUT2D eigenvalue weighted by atomic mass is 9.80. The van der Waals surface area contributed by atoms with Crippen molar-refractivity contribution in [2.45, 2.75) is 42.9 Å². The van der Waals surface area contributed by atoms with Crippen LogP contribution < -0.4 is 4.90 Å². The van der Waals surface area contributed by atoms with Gasteiger partial charge in [0.25, 0.3) is 0 Å². The lowest BCUT2D eigenvalue weighted by Crippen LogP contribution is -2.34. The summed E-state index contributed by atoms with van der Waals surface area (Å²) in [5, 5.41) is 11.9.